The first-order valence-electron chi connectivity index (χ1n) is 2.64. The molecule has 0 fully saturated rings. The molecule has 0 aliphatic rings. The molecule has 0 heterocycles. The average molecular weight is 116 g/mol. The number of amides is 1. The molecule has 8 heavy (non-hydrogen) atoms. The first-order valence-corrected chi connectivity index (χ1v) is 2.64. The van der Waals surface area contributed by atoms with E-state index in [1.165, 1.54) is 0 Å². The van der Waals surface area contributed by atoms with Crippen LogP contribution in [0.1, 0.15) is 6.92 Å². The van der Waals surface area contributed by atoms with Crippen LogP contribution in [-0.4, -0.2) is 19.5 Å². The lowest BCUT2D eigenvalue weighted by molar-refractivity contribution is -0.123. The molecule has 0 saturated carbocycles. The van der Waals surface area contributed by atoms with Crippen molar-refractivity contribution in [1.82, 2.24) is 5.32 Å². The number of nitrogens with one attached hydrogen (secondary N) is 1. The molecular weight excluding hydrogens is 104 g/mol. The Balaban J connectivity index is 3.46. The maximum atomic E-state index is 10.6. The largest absolute Gasteiger partial charge is 0.359 e. The molecule has 0 aliphatic heterocycles. The monoisotopic (exact) mass is 116 g/mol. The second kappa shape index (κ2) is 3.43. The fraction of sp³-hybridized carbons (Fsp3) is 0.800. The van der Waals surface area contributed by atoms with Gasteiger partial charge in [0.15, 0.2) is 0 Å². The Labute approximate surface area is 49.3 Å². The summed E-state index contributed by atoms with van der Waals surface area (Å²) >= 11 is 0. The molecule has 1 amide bonds. The minimum atomic E-state index is -0.0556. The summed E-state index contributed by atoms with van der Waals surface area (Å²) in [6, 6.07) is 0. The highest BCUT2D eigenvalue weighted by atomic mass is 16.1. The van der Waals surface area contributed by atoms with Crippen LogP contribution in [0, 0.1) is 5.92 Å². The molecule has 48 valence electrons. The number of nitrogens with two attached hydrogens (primary N) is 1. The molecule has 3 nitrogen and oxygen atoms in total. The van der Waals surface area contributed by atoms with Crippen molar-refractivity contribution >= 4 is 5.91 Å². The quantitative estimate of drug-likeness (QED) is 0.502. The third-order valence-corrected chi connectivity index (χ3v) is 1.05. The van der Waals surface area contributed by atoms with E-state index in [2.05, 4.69) is 5.32 Å². The predicted octanol–water partition coefficient (Wildman–Crippen LogP) is -0.673. The molecule has 0 aromatic carbocycles. The topological polar surface area (TPSA) is 55.1 Å². The van der Waals surface area contributed by atoms with Gasteiger partial charge in [0.05, 0.1) is 0 Å². The van der Waals surface area contributed by atoms with Crippen molar-refractivity contribution in [2.45, 2.75) is 6.92 Å². The summed E-state index contributed by atoms with van der Waals surface area (Å²) in [4.78, 5) is 10.6. The molecule has 0 spiro atoms. The van der Waals surface area contributed by atoms with Gasteiger partial charge >= 0.3 is 0 Å². The number of carbonyl (C=O) groups excluding carboxylic acids is 1. The zero-order chi connectivity index (χ0) is 6.57. The van der Waals surface area contributed by atoms with Crippen LogP contribution in [0.4, 0.5) is 0 Å². The molecule has 0 aliphatic carbocycles. The summed E-state index contributed by atoms with van der Waals surface area (Å²) < 4.78 is 0. The van der Waals surface area contributed by atoms with Gasteiger partial charge in [0, 0.05) is 19.5 Å². The van der Waals surface area contributed by atoms with Crippen LogP contribution in [0.5, 0.6) is 0 Å². The van der Waals surface area contributed by atoms with Crippen LogP contribution in [0.3, 0.4) is 0 Å². The zero-order valence-electron chi connectivity index (χ0n) is 5.27. The van der Waals surface area contributed by atoms with Gasteiger partial charge in [-0.1, -0.05) is 6.92 Å². The highest BCUT2D eigenvalue weighted by molar-refractivity contribution is 5.78. The van der Waals surface area contributed by atoms with Gasteiger partial charge in [-0.15, -0.1) is 0 Å². The van der Waals surface area contributed by atoms with Gasteiger partial charge in [-0.3, -0.25) is 4.79 Å². The summed E-state index contributed by atoms with van der Waals surface area (Å²) in [5.41, 5.74) is 5.19. The maximum absolute atomic E-state index is 10.6. The van der Waals surface area contributed by atoms with Crippen LogP contribution < -0.4 is 11.1 Å². The van der Waals surface area contributed by atoms with E-state index in [1.807, 2.05) is 0 Å². The Bertz CT molecular complexity index is 82.5. The lowest BCUT2D eigenvalue weighted by atomic mass is 10.2. The van der Waals surface area contributed by atoms with Gasteiger partial charge in [-0.05, 0) is 0 Å². The SMILES string of the molecule is CNC(=O)C(C)CN. The van der Waals surface area contributed by atoms with Crippen LogP contribution in [0.25, 0.3) is 0 Å². The summed E-state index contributed by atoms with van der Waals surface area (Å²) in [6.45, 7) is 2.21. The Hall–Kier alpha value is -0.570. The van der Waals surface area contributed by atoms with E-state index in [4.69, 9.17) is 5.73 Å². The van der Waals surface area contributed by atoms with Crippen molar-refractivity contribution in [1.29, 1.82) is 0 Å². The summed E-state index contributed by atoms with van der Waals surface area (Å²) in [5, 5.41) is 2.50. The van der Waals surface area contributed by atoms with Crippen molar-refractivity contribution in [2.75, 3.05) is 13.6 Å². The molecule has 3 N–H and O–H groups in total. The average Bonchev–Trinajstić information content (AvgIpc) is 1.84. The third kappa shape index (κ3) is 1.93. The summed E-state index contributed by atoms with van der Waals surface area (Å²) in [6.07, 6.45) is 0. The smallest absolute Gasteiger partial charge is 0.223 e. The molecule has 0 aromatic rings. The lowest BCUT2D eigenvalue weighted by Gasteiger charge is -2.03. The lowest BCUT2D eigenvalue weighted by Crippen LogP contribution is -2.30. The number of hydrogen-bond acceptors (Lipinski definition) is 2. The highest BCUT2D eigenvalue weighted by Gasteiger charge is 2.05. The standard InChI is InChI=1S/C5H12N2O/c1-4(3-6)5(8)7-2/h4H,3,6H2,1-2H3,(H,7,8). The molecule has 3 heteroatoms. The minimum absolute atomic E-state index is 0.00694. The first-order chi connectivity index (χ1) is 3.72. The van der Waals surface area contributed by atoms with E-state index < -0.39 is 0 Å². The van der Waals surface area contributed by atoms with Gasteiger partial charge in [0.2, 0.25) is 5.91 Å². The van der Waals surface area contributed by atoms with Crippen LogP contribution >= 0.6 is 0 Å². The second-order valence-corrected chi connectivity index (χ2v) is 1.75. The Morgan fingerprint density at radius 2 is 2.38 bits per heavy atom. The molecule has 1 atom stereocenters. The molecule has 0 saturated heterocycles. The van der Waals surface area contributed by atoms with Crippen molar-refractivity contribution in [3.63, 3.8) is 0 Å². The normalized spacial score (nSPS) is 12.9. The van der Waals surface area contributed by atoms with Crippen molar-refractivity contribution < 1.29 is 4.79 Å². The van der Waals surface area contributed by atoms with E-state index >= 15 is 0 Å². The molecular formula is C5H12N2O. The molecule has 0 rings (SSSR count). The first kappa shape index (κ1) is 7.43. The Morgan fingerprint density at radius 1 is 1.88 bits per heavy atom. The third-order valence-electron chi connectivity index (χ3n) is 1.05. The predicted molar refractivity (Wildman–Crippen MR) is 32.3 cm³/mol. The minimum Gasteiger partial charge on any atom is -0.359 e. The molecule has 0 aromatic heterocycles. The number of rotatable bonds is 2. The van der Waals surface area contributed by atoms with Gasteiger partial charge in [0.1, 0.15) is 0 Å². The molecule has 0 radical (unpaired) electrons. The van der Waals surface area contributed by atoms with Crippen LogP contribution in [-0.2, 0) is 4.79 Å². The van der Waals surface area contributed by atoms with E-state index in [0.29, 0.717) is 6.54 Å². The van der Waals surface area contributed by atoms with E-state index in [1.54, 1.807) is 14.0 Å². The van der Waals surface area contributed by atoms with Crippen LogP contribution in [0.2, 0.25) is 0 Å². The van der Waals surface area contributed by atoms with Crippen molar-refractivity contribution in [2.24, 2.45) is 11.7 Å². The maximum Gasteiger partial charge on any atom is 0.223 e. The second-order valence-electron chi connectivity index (χ2n) is 1.75. The van der Waals surface area contributed by atoms with E-state index in [9.17, 15) is 4.79 Å². The van der Waals surface area contributed by atoms with Gasteiger partial charge in [0.25, 0.3) is 0 Å². The summed E-state index contributed by atoms with van der Waals surface area (Å²) in [5.74, 6) is -0.0486. The van der Waals surface area contributed by atoms with Gasteiger partial charge in [-0.25, -0.2) is 0 Å². The van der Waals surface area contributed by atoms with Crippen LogP contribution in [0.15, 0.2) is 0 Å². The Morgan fingerprint density at radius 3 is 2.50 bits per heavy atom. The van der Waals surface area contributed by atoms with E-state index in [-0.39, 0.29) is 11.8 Å². The van der Waals surface area contributed by atoms with Gasteiger partial charge < -0.3 is 11.1 Å². The van der Waals surface area contributed by atoms with E-state index in [0.717, 1.165) is 0 Å². The van der Waals surface area contributed by atoms with Gasteiger partial charge in [-0.2, -0.15) is 0 Å². The molecule has 0 bridgehead atoms. The van der Waals surface area contributed by atoms with Crippen molar-refractivity contribution in [3.8, 4) is 0 Å². The Kier molecular flexibility index (Phi) is 3.19. The zero-order valence-corrected chi connectivity index (χ0v) is 5.27. The fourth-order valence-electron chi connectivity index (χ4n) is 0.353. The number of carbonyl (C=O) groups is 1. The van der Waals surface area contributed by atoms with Crippen molar-refractivity contribution in [3.05, 3.63) is 0 Å². The number of hydrogen-bond donors (Lipinski definition) is 2. The molecule has 1 unspecified atom stereocenters. The highest BCUT2D eigenvalue weighted by Crippen LogP contribution is 1.87. The summed E-state index contributed by atoms with van der Waals surface area (Å²) in [7, 11) is 1.61. The fourth-order valence-corrected chi connectivity index (χ4v) is 0.353.